The van der Waals surface area contributed by atoms with E-state index < -0.39 is 0 Å². The van der Waals surface area contributed by atoms with Gasteiger partial charge in [0.1, 0.15) is 0 Å². The van der Waals surface area contributed by atoms with E-state index in [1.54, 1.807) is 5.31 Å². The molecule has 0 N–H and O–H groups in total. The molecule has 0 bridgehead atoms. The van der Waals surface area contributed by atoms with Crippen LogP contribution in [-0.2, 0) is 0 Å². The highest BCUT2D eigenvalue weighted by molar-refractivity contribution is 7.47. The fraction of sp³-hybridized carbons (Fsp3) is 0.500. The van der Waals surface area contributed by atoms with Crippen LogP contribution in [0.1, 0.15) is 19.8 Å². The molecule has 2 rings (SSSR count). The normalized spacial score (nSPS) is 31.0. The average molecular weight is 137 g/mol. The van der Waals surface area contributed by atoms with Crippen LogP contribution in [0.4, 0.5) is 0 Å². The van der Waals surface area contributed by atoms with Crippen LogP contribution in [-0.4, -0.2) is 0 Å². The van der Waals surface area contributed by atoms with Gasteiger partial charge in [-0.3, -0.25) is 0 Å². The quantitative estimate of drug-likeness (QED) is 0.487. The zero-order chi connectivity index (χ0) is 6.32. The van der Waals surface area contributed by atoms with Crippen molar-refractivity contribution in [2.45, 2.75) is 19.8 Å². The van der Waals surface area contributed by atoms with E-state index in [4.69, 9.17) is 0 Å². The highest BCUT2D eigenvalue weighted by Crippen LogP contribution is 2.58. The SMILES string of the molecule is CC1(C2=CC=C[P]2)CC1. The zero-order valence-electron chi connectivity index (χ0n) is 5.59. The number of hydrogen-bond donors (Lipinski definition) is 0. The molecular formula is C8H10P. The molecule has 1 saturated carbocycles. The van der Waals surface area contributed by atoms with E-state index >= 15 is 0 Å². The van der Waals surface area contributed by atoms with Crippen molar-refractivity contribution >= 4 is 8.58 Å². The lowest BCUT2D eigenvalue weighted by Gasteiger charge is -2.06. The molecule has 0 unspecified atom stereocenters. The fourth-order valence-electron chi connectivity index (χ4n) is 1.10. The maximum atomic E-state index is 2.36. The minimum Gasteiger partial charge on any atom is -0.0608 e. The number of rotatable bonds is 1. The van der Waals surface area contributed by atoms with Gasteiger partial charge in [-0.05, 0) is 32.2 Å². The van der Waals surface area contributed by atoms with Crippen LogP contribution in [0.15, 0.2) is 23.3 Å². The summed E-state index contributed by atoms with van der Waals surface area (Å²) in [6.07, 6.45) is 7.26. The van der Waals surface area contributed by atoms with Crippen LogP contribution in [0.25, 0.3) is 0 Å². The van der Waals surface area contributed by atoms with Crippen LogP contribution in [0.5, 0.6) is 0 Å². The van der Waals surface area contributed by atoms with Crippen molar-refractivity contribution in [1.29, 1.82) is 0 Å². The lowest BCUT2D eigenvalue weighted by atomic mass is 10.1. The van der Waals surface area contributed by atoms with E-state index in [-0.39, 0.29) is 0 Å². The summed E-state index contributed by atoms with van der Waals surface area (Å²) in [6.45, 7) is 2.36. The Balaban J connectivity index is 2.16. The Morgan fingerprint density at radius 1 is 1.56 bits per heavy atom. The van der Waals surface area contributed by atoms with Gasteiger partial charge in [-0.1, -0.05) is 24.9 Å². The topological polar surface area (TPSA) is 0 Å². The number of allylic oxidation sites excluding steroid dienone is 3. The van der Waals surface area contributed by atoms with E-state index in [2.05, 4.69) is 24.9 Å². The molecule has 0 aromatic rings. The molecule has 0 saturated heterocycles. The van der Waals surface area contributed by atoms with Crippen molar-refractivity contribution in [1.82, 2.24) is 0 Å². The van der Waals surface area contributed by atoms with Crippen molar-refractivity contribution in [2.24, 2.45) is 5.41 Å². The van der Waals surface area contributed by atoms with Gasteiger partial charge in [0.15, 0.2) is 0 Å². The Bertz CT molecular complexity index is 185. The molecular weight excluding hydrogens is 127 g/mol. The second-order valence-electron chi connectivity index (χ2n) is 3.08. The molecule has 0 nitrogen and oxygen atoms in total. The van der Waals surface area contributed by atoms with E-state index in [0.717, 1.165) is 0 Å². The predicted octanol–water partition coefficient (Wildman–Crippen LogP) is 3.14. The molecule has 0 spiro atoms. The van der Waals surface area contributed by atoms with Crippen LogP contribution in [0.3, 0.4) is 0 Å². The summed E-state index contributed by atoms with van der Waals surface area (Å²) in [5.74, 6) is 2.22. The van der Waals surface area contributed by atoms with Gasteiger partial charge >= 0.3 is 0 Å². The third-order valence-electron chi connectivity index (χ3n) is 2.17. The van der Waals surface area contributed by atoms with Gasteiger partial charge in [-0.25, -0.2) is 0 Å². The zero-order valence-corrected chi connectivity index (χ0v) is 6.49. The Kier molecular flexibility index (Phi) is 1.07. The molecule has 0 atom stereocenters. The maximum Gasteiger partial charge on any atom is -0.00637 e. The molecule has 1 aliphatic carbocycles. The van der Waals surface area contributed by atoms with Crippen LogP contribution < -0.4 is 0 Å². The first-order valence-corrected chi connectivity index (χ1v) is 4.36. The van der Waals surface area contributed by atoms with Crippen molar-refractivity contribution in [3.8, 4) is 0 Å². The van der Waals surface area contributed by atoms with Crippen LogP contribution in [0, 0.1) is 5.41 Å². The molecule has 1 heterocycles. The van der Waals surface area contributed by atoms with Crippen molar-refractivity contribution < 1.29 is 0 Å². The smallest absolute Gasteiger partial charge is 0.00637 e. The van der Waals surface area contributed by atoms with Crippen molar-refractivity contribution in [3.05, 3.63) is 23.3 Å². The fourth-order valence-corrected chi connectivity index (χ4v) is 2.14. The Hall–Kier alpha value is -0.0900. The molecule has 0 amide bonds. The average Bonchev–Trinajstić information content (AvgIpc) is 2.46. The summed E-state index contributed by atoms with van der Waals surface area (Å²) in [5, 5.41) is 1.63. The largest absolute Gasteiger partial charge is 0.0608 e. The summed E-state index contributed by atoms with van der Waals surface area (Å²) in [7, 11) is 1.44. The van der Waals surface area contributed by atoms with Crippen LogP contribution in [0.2, 0.25) is 0 Å². The summed E-state index contributed by atoms with van der Waals surface area (Å²) in [5.41, 5.74) is 0.616. The molecule has 47 valence electrons. The van der Waals surface area contributed by atoms with Gasteiger partial charge in [0, 0.05) is 0 Å². The first-order chi connectivity index (χ1) is 4.31. The van der Waals surface area contributed by atoms with E-state index in [0.29, 0.717) is 5.41 Å². The minimum absolute atomic E-state index is 0.616. The standard InChI is InChI=1S/C8H10P/c1-8(4-5-8)7-3-2-6-9-7/h2-3,6H,4-5H2,1H3. The Labute approximate surface area is 57.8 Å². The molecule has 9 heavy (non-hydrogen) atoms. The maximum absolute atomic E-state index is 2.36. The first-order valence-electron chi connectivity index (χ1n) is 3.39. The lowest BCUT2D eigenvalue weighted by molar-refractivity contribution is 0.733. The van der Waals surface area contributed by atoms with Gasteiger partial charge < -0.3 is 0 Å². The lowest BCUT2D eigenvalue weighted by Crippen LogP contribution is -1.89. The van der Waals surface area contributed by atoms with E-state index in [1.807, 2.05) is 0 Å². The molecule has 1 fully saturated rings. The van der Waals surface area contributed by atoms with Gasteiger partial charge in [0.25, 0.3) is 0 Å². The second-order valence-corrected chi connectivity index (χ2v) is 4.12. The van der Waals surface area contributed by atoms with Crippen LogP contribution >= 0.6 is 8.58 Å². The molecule has 1 heteroatoms. The Morgan fingerprint density at radius 3 is 2.78 bits per heavy atom. The van der Waals surface area contributed by atoms with Gasteiger partial charge in [0.2, 0.25) is 0 Å². The predicted molar refractivity (Wildman–Crippen MR) is 41.5 cm³/mol. The van der Waals surface area contributed by atoms with Crippen molar-refractivity contribution in [2.75, 3.05) is 0 Å². The third-order valence-corrected chi connectivity index (χ3v) is 3.46. The van der Waals surface area contributed by atoms with E-state index in [1.165, 1.54) is 21.4 Å². The van der Waals surface area contributed by atoms with Gasteiger partial charge in [0.05, 0.1) is 0 Å². The molecule has 0 aromatic heterocycles. The Morgan fingerprint density at radius 2 is 2.33 bits per heavy atom. The minimum atomic E-state index is 0.616. The van der Waals surface area contributed by atoms with E-state index in [9.17, 15) is 0 Å². The summed E-state index contributed by atoms with van der Waals surface area (Å²) in [6, 6.07) is 0. The molecule has 0 aromatic carbocycles. The summed E-state index contributed by atoms with van der Waals surface area (Å²) in [4.78, 5) is 0. The monoisotopic (exact) mass is 137 g/mol. The third kappa shape index (κ3) is 0.861. The van der Waals surface area contributed by atoms with Gasteiger partial charge in [-0.2, -0.15) is 0 Å². The second kappa shape index (κ2) is 1.70. The highest BCUT2D eigenvalue weighted by atomic mass is 31.1. The number of hydrogen-bond acceptors (Lipinski definition) is 0. The molecule has 1 radical (unpaired) electrons. The highest BCUT2D eigenvalue weighted by Gasteiger charge is 2.40. The van der Waals surface area contributed by atoms with Crippen molar-refractivity contribution in [3.63, 3.8) is 0 Å². The molecule has 2 aliphatic rings. The molecule has 1 aliphatic heterocycles. The summed E-state index contributed by atoms with van der Waals surface area (Å²) < 4.78 is 0. The summed E-state index contributed by atoms with van der Waals surface area (Å²) >= 11 is 0. The first kappa shape index (κ1) is 5.68. The van der Waals surface area contributed by atoms with Gasteiger partial charge in [-0.15, -0.1) is 0 Å².